The lowest BCUT2D eigenvalue weighted by Gasteiger charge is -2.05. The number of para-hydroxylation sites is 1. The van der Waals surface area contributed by atoms with Crippen LogP contribution in [0.3, 0.4) is 0 Å². The number of benzene rings is 1. The van der Waals surface area contributed by atoms with Crippen molar-refractivity contribution in [3.8, 4) is 0 Å². The third-order valence-corrected chi connectivity index (χ3v) is 2.89. The summed E-state index contributed by atoms with van der Waals surface area (Å²) in [6.45, 7) is 0. The van der Waals surface area contributed by atoms with Gasteiger partial charge in [0.25, 0.3) is 5.91 Å². The number of anilines is 1. The molecule has 19 heavy (non-hydrogen) atoms. The van der Waals surface area contributed by atoms with Crippen molar-refractivity contribution in [1.29, 1.82) is 0 Å². The molecular formula is C14H12N4O. The van der Waals surface area contributed by atoms with Gasteiger partial charge < -0.3 is 5.32 Å². The first-order chi connectivity index (χ1) is 9.24. The normalized spacial score (nSPS) is 10.6. The molecule has 0 saturated carbocycles. The Labute approximate surface area is 109 Å². The van der Waals surface area contributed by atoms with E-state index in [1.165, 1.54) is 4.68 Å². The molecule has 5 nitrogen and oxygen atoms in total. The van der Waals surface area contributed by atoms with Crippen molar-refractivity contribution in [3.05, 3.63) is 54.4 Å². The summed E-state index contributed by atoms with van der Waals surface area (Å²) in [6, 6.07) is 13.2. The Hall–Kier alpha value is -2.69. The zero-order valence-corrected chi connectivity index (χ0v) is 10.4. The van der Waals surface area contributed by atoms with Gasteiger partial charge in [-0.25, -0.2) is 4.98 Å². The van der Waals surface area contributed by atoms with Crippen LogP contribution in [0.4, 0.5) is 5.82 Å². The molecule has 0 atom stereocenters. The van der Waals surface area contributed by atoms with Crippen LogP contribution in [-0.4, -0.2) is 20.7 Å². The van der Waals surface area contributed by atoms with Crippen molar-refractivity contribution in [3.63, 3.8) is 0 Å². The highest BCUT2D eigenvalue weighted by molar-refractivity contribution is 6.02. The predicted octanol–water partition coefficient (Wildman–Crippen LogP) is 2.22. The summed E-state index contributed by atoms with van der Waals surface area (Å²) in [5, 5.41) is 7.77. The molecule has 0 spiro atoms. The minimum absolute atomic E-state index is 0.220. The quantitative estimate of drug-likeness (QED) is 0.760. The summed E-state index contributed by atoms with van der Waals surface area (Å²) in [5.41, 5.74) is 1.35. The molecule has 0 aliphatic rings. The second-order valence-electron chi connectivity index (χ2n) is 4.18. The van der Waals surface area contributed by atoms with Crippen molar-refractivity contribution < 1.29 is 4.79 Å². The van der Waals surface area contributed by atoms with Crippen LogP contribution in [0.25, 0.3) is 10.9 Å². The molecule has 0 radical (unpaired) electrons. The summed E-state index contributed by atoms with van der Waals surface area (Å²) in [6.07, 6.45) is 1.59. The fourth-order valence-corrected chi connectivity index (χ4v) is 1.91. The second kappa shape index (κ2) is 4.53. The van der Waals surface area contributed by atoms with Crippen LogP contribution < -0.4 is 5.32 Å². The number of rotatable bonds is 2. The number of aromatic nitrogens is 3. The minimum atomic E-state index is -0.220. The van der Waals surface area contributed by atoms with Gasteiger partial charge in [-0.05, 0) is 24.3 Å². The van der Waals surface area contributed by atoms with E-state index in [4.69, 9.17) is 0 Å². The van der Waals surface area contributed by atoms with Gasteiger partial charge in [-0.3, -0.25) is 9.48 Å². The lowest BCUT2D eigenvalue weighted by atomic mass is 10.2. The molecule has 3 rings (SSSR count). The number of nitrogens with one attached hydrogen (secondary N) is 1. The Morgan fingerprint density at radius 3 is 2.79 bits per heavy atom. The molecule has 5 heteroatoms. The number of carbonyl (C=O) groups is 1. The summed E-state index contributed by atoms with van der Waals surface area (Å²) >= 11 is 0. The van der Waals surface area contributed by atoms with Crippen LogP contribution in [0, 0.1) is 0 Å². The van der Waals surface area contributed by atoms with Crippen molar-refractivity contribution in [2.75, 3.05) is 5.32 Å². The largest absolute Gasteiger partial charge is 0.305 e. The van der Waals surface area contributed by atoms with E-state index in [0.29, 0.717) is 11.5 Å². The maximum atomic E-state index is 12.0. The van der Waals surface area contributed by atoms with Gasteiger partial charge in [0.2, 0.25) is 0 Å². The van der Waals surface area contributed by atoms with Crippen molar-refractivity contribution in [2.45, 2.75) is 0 Å². The van der Waals surface area contributed by atoms with Gasteiger partial charge in [0, 0.05) is 18.6 Å². The maximum Gasteiger partial charge on any atom is 0.275 e. The topological polar surface area (TPSA) is 59.8 Å². The van der Waals surface area contributed by atoms with Gasteiger partial charge in [-0.2, -0.15) is 5.10 Å². The first kappa shape index (κ1) is 11.4. The van der Waals surface area contributed by atoms with E-state index in [9.17, 15) is 4.79 Å². The van der Waals surface area contributed by atoms with E-state index in [1.807, 2.05) is 30.3 Å². The van der Waals surface area contributed by atoms with Crippen LogP contribution >= 0.6 is 0 Å². The average molecular weight is 252 g/mol. The van der Waals surface area contributed by atoms with Crippen molar-refractivity contribution in [1.82, 2.24) is 14.8 Å². The molecule has 2 aromatic heterocycles. The number of pyridine rings is 1. The molecule has 0 aliphatic heterocycles. The Morgan fingerprint density at radius 1 is 1.16 bits per heavy atom. The molecule has 0 bridgehead atoms. The number of hydrogen-bond acceptors (Lipinski definition) is 3. The lowest BCUT2D eigenvalue weighted by molar-refractivity contribution is 0.101. The Balaban J connectivity index is 1.89. The van der Waals surface area contributed by atoms with Crippen LogP contribution in [0.15, 0.2) is 48.7 Å². The highest BCUT2D eigenvalue weighted by Gasteiger charge is 2.10. The first-order valence-corrected chi connectivity index (χ1v) is 5.89. The van der Waals surface area contributed by atoms with E-state index in [1.54, 1.807) is 25.4 Å². The fourth-order valence-electron chi connectivity index (χ4n) is 1.91. The number of aryl methyl sites for hydroxylation is 1. The zero-order valence-electron chi connectivity index (χ0n) is 10.4. The molecular weight excluding hydrogens is 240 g/mol. The monoisotopic (exact) mass is 252 g/mol. The highest BCUT2D eigenvalue weighted by atomic mass is 16.2. The Morgan fingerprint density at radius 2 is 2.00 bits per heavy atom. The highest BCUT2D eigenvalue weighted by Crippen LogP contribution is 2.15. The number of hydrogen-bond donors (Lipinski definition) is 1. The SMILES string of the molecule is Cn1nccc1C(=O)Nc1ccc2ccccc2n1. The van der Waals surface area contributed by atoms with E-state index in [-0.39, 0.29) is 5.91 Å². The molecule has 0 fully saturated rings. The van der Waals surface area contributed by atoms with E-state index in [2.05, 4.69) is 15.4 Å². The van der Waals surface area contributed by atoms with E-state index >= 15 is 0 Å². The van der Waals surface area contributed by atoms with Crippen molar-refractivity contribution >= 4 is 22.6 Å². The molecule has 0 unspecified atom stereocenters. The third kappa shape index (κ3) is 2.18. The number of amides is 1. The molecule has 1 amide bonds. The van der Waals surface area contributed by atoms with Gasteiger partial charge in [-0.15, -0.1) is 0 Å². The van der Waals surface area contributed by atoms with E-state index < -0.39 is 0 Å². The van der Waals surface area contributed by atoms with Gasteiger partial charge in [0.15, 0.2) is 0 Å². The molecule has 3 aromatic rings. The summed E-state index contributed by atoms with van der Waals surface area (Å²) in [5.74, 6) is 0.313. The number of carbonyl (C=O) groups excluding carboxylic acids is 1. The molecule has 0 saturated heterocycles. The average Bonchev–Trinajstić information content (AvgIpc) is 2.85. The predicted molar refractivity (Wildman–Crippen MR) is 72.9 cm³/mol. The minimum Gasteiger partial charge on any atom is -0.305 e. The standard InChI is InChI=1S/C14H12N4O/c1-18-12(8-9-15-18)14(19)17-13-7-6-10-4-2-3-5-11(10)16-13/h2-9H,1H3,(H,16,17,19). The summed E-state index contributed by atoms with van der Waals surface area (Å²) < 4.78 is 1.52. The molecule has 1 N–H and O–H groups in total. The summed E-state index contributed by atoms with van der Waals surface area (Å²) in [4.78, 5) is 16.4. The van der Waals surface area contributed by atoms with Gasteiger partial charge in [0.05, 0.1) is 5.52 Å². The zero-order chi connectivity index (χ0) is 13.2. The lowest BCUT2D eigenvalue weighted by Crippen LogP contribution is -2.16. The van der Waals surface area contributed by atoms with Crippen LogP contribution in [0.5, 0.6) is 0 Å². The number of nitrogens with zero attached hydrogens (tertiary/aromatic N) is 3. The second-order valence-corrected chi connectivity index (χ2v) is 4.18. The van der Waals surface area contributed by atoms with E-state index in [0.717, 1.165) is 10.9 Å². The maximum absolute atomic E-state index is 12.0. The van der Waals surface area contributed by atoms with Crippen molar-refractivity contribution in [2.24, 2.45) is 7.05 Å². The molecule has 1 aromatic carbocycles. The van der Waals surface area contributed by atoms with Crippen LogP contribution in [0.1, 0.15) is 10.5 Å². The van der Waals surface area contributed by atoms with Gasteiger partial charge in [-0.1, -0.05) is 18.2 Å². The first-order valence-electron chi connectivity index (χ1n) is 5.89. The molecule has 94 valence electrons. The van der Waals surface area contributed by atoms with Crippen LogP contribution in [0.2, 0.25) is 0 Å². The third-order valence-electron chi connectivity index (χ3n) is 2.89. The van der Waals surface area contributed by atoms with Crippen LogP contribution in [-0.2, 0) is 7.05 Å². The number of fused-ring (bicyclic) bond motifs is 1. The summed E-state index contributed by atoms with van der Waals surface area (Å²) in [7, 11) is 1.72. The van der Waals surface area contributed by atoms with Gasteiger partial charge >= 0.3 is 0 Å². The Kier molecular flexibility index (Phi) is 2.72. The fraction of sp³-hybridized carbons (Fsp3) is 0.0714. The Bertz CT molecular complexity index is 748. The molecule has 0 aliphatic carbocycles. The smallest absolute Gasteiger partial charge is 0.275 e. The molecule has 2 heterocycles. The van der Waals surface area contributed by atoms with Gasteiger partial charge in [0.1, 0.15) is 11.5 Å².